The summed E-state index contributed by atoms with van der Waals surface area (Å²) in [4.78, 5) is 0. The second-order valence-electron chi connectivity index (χ2n) is 2.77. The minimum absolute atomic E-state index is 0.783. The highest BCUT2D eigenvalue weighted by molar-refractivity contribution is 6.08. The molecule has 3 heteroatoms. The van der Waals surface area contributed by atoms with E-state index in [2.05, 4.69) is 0 Å². The van der Waals surface area contributed by atoms with Gasteiger partial charge in [0.1, 0.15) is 5.75 Å². The van der Waals surface area contributed by atoms with Gasteiger partial charge in [0.15, 0.2) is 0 Å². The molecule has 0 unspecified atom stereocenters. The number of nitrogens with two attached hydrogens (primary N) is 1. The largest absolute Gasteiger partial charge is 0.494 e. The third kappa shape index (κ3) is 2.96. The summed E-state index contributed by atoms with van der Waals surface area (Å²) in [6.45, 7) is 0.827. The van der Waals surface area contributed by atoms with E-state index in [1.165, 1.54) is 16.3 Å². The number of anilines is 1. The topological polar surface area (TPSA) is 35.2 Å². The van der Waals surface area contributed by atoms with Gasteiger partial charge in [-0.3, -0.25) is 0 Å². The molecular weight excluding hydrogens is 166 g/mol. The molecule has 0 saturated heterocycles. The maximum Gasteiger partial charge on any atom is 0.119 e. The lowest BCUT2D eigenvalue weighted by Crippen LogP contribution is -1.96. The minimum atomic E-state index is 0.783. The lowest BCUT2D eigenvalue weighted by Gasteiger charge is -2.04. The van der Waals surface area contributed by atoms with Gasteiger partial charge < -0.3 is 10.5 Å². The van der Waals surface area contributed by atoms with Crippen molar-refractivity contribution < 1.29 is 4.74 Å². The molecule has 1 aromatic carbocycles. The second-order valence-corrected chi connectivity index (χ2v) is 3.77. The fourth-order valence-corrected chi connectivity index (χ4v) is 1.19. The molecule has 0 aliphatic heterocycles. The molecule has 0 heterocycles. The zero-order chi connectivity index (χ0) is 8.81. The summed E-state index contributed by atoms with van der Waals surface area (Å²) in [6, 6.07) is 8.83. The molecule has 0 spiro atoms. The summed E-state index contributed by atoms with van der Waals surface area (Å²) in [7, 11) is 1.26. The van der Waals surface area contributed by atoms with Gasteiger partial charge in [0, 0.05) is 15.9 Å². The Kier molecular flexibility index (Phi) is 3.67. The molecule has 0 aliphatic carbocycles. The van der Waals surface area contributed by atoms with E-state index in [4.69, 9.17) is 10.5 Å². The Morgan fingerprint density at radius 2 is 1.92 bits per heavy atom. The molecule has 2 N–H and O–H groups in total. The van der Waals surface area contributed by atoms with E-state index < -0.39 is 0 Å². The van der Waals surface area contributed by atoms with Gasteiger partial charge in [0.2, 0.25) is 0 Å². The molecule has 0 radical (unpaired) electrons. The van der Waals surface area contributed by atoms with Crippen LogP contribution in [0.1, 0.15) is 6.42 Å². The van der Waals surface area contributed by atoms with Crippen molar-refractivity contribution in [3.05, 3.63) is 24.3 Å². The first-order valence-corrected chi connectivity index (χ1v) is 5.72. The van der Waals surface area contributed by atoms with Crippen LogP contribution in [0, 0.1) is 0 Å². The van der Waals surface area contributed by atoms with E-state index in [-0.39, 0.29) is 0 Å². The smallest absolute Gasteiger partial charge is 0.119 e. The highest BCUT2D eigenvalue weighted by Crippen LogP contribution is 2.13. The molecule has 66 valence electrons. The Hall–Kier alpha value is -0.963. The van der Waals surface area contributed by atoms with Crippen LogP contribution in [0.25, 0.3) is 0 Å². The van der Waals surface area contributed by atoms with Crippen LogP contribution in [0.15, 0.2) is 24.3 Å². The van der Waals surface area contributed by atoms with Crippen LogP contribution in [0.4, 0.5) is 5.69 Å². The number of nitrogen functional groups attached to an aromatic ring is 1. The Balaban J connectivity index is 2.37. The highest BCUT2D eigenvalue weighted by Gasteiger charge is 1.91. The van der Waals surface area contributed by atoms with Crippen molar-refractivity contribution >= 4 is 15.9 Å². The Morgan fingerprint density at radius 1 is 1.25 bits per heavy atom. The van der Waals surface area contributed by atoms with Gasteiger partial charge in [-0.15, -0.1) is 0 Å². The summed E-state index contributed by atoms with van der Waals surface area (Å²) >= 11 is 0. The molecule has 0 saturated carbocycles. The number of rotatable bonds is 4. The Labute approximate surface area is 76.2 Å². The fourth-order valence-electron chi connectivity index (χ4n) is 0.898. The zero-order valence-electron chi connectivity index (χ0n) is 7.42. The molecular formula is C9H15NOSi. The second kappa shape index (κ2) is 4.82. The van der Waals surface area contributed by atoms with Gasteiger partial charge in [-0.1, -0.05) is 6.04 Å². The van der Waals surface area contributed by atoms with Gasteiger partial charge >= 0.3 is 0 Å². The maximum absolute atomic E-state index is 5.53. The third-order valence-electron chi connectivity index (χ3n) is 1.65. The Bertz CT molecular complexity index is 222. The van der Waals surface area contributed by atoms with Gasteiger partial charge in [-0.05, 0) is 30.7 Å². The van der Waals surface area contributed by atoms with E-state index in [1.807, 2.05) is 24.3 Å². The predicted molar refractivity (Wildman–Crippen MR) is 55.7 cm³/mol. The minimum Gasteiger partial charge on any atom is -0.494 e. The molecule has 2 nitrogen and oxygen atoms in total. The molecule has 0 atom stereocenters. The predicted octanol–water partition coefficient (Wildman–Crippen LogP) is 0.821. The first kappa shape index (κ1) is 9.13. The fraction of sp³-hybridized carbons (Fsp3) is 0.333. The number of ether oxygens (including phenoxy) is 1. The average molecular weight is 181 g/mol. The van der Waals surface area contributed by atoms with Crippen molar-refractivity contribution in [1.29, 1.82) is 0 Å². The Morgan fingerprint density at radius 3 is 2.50 bits per heavy atom. The van der Waals surface area contributed by atoms with Crippen LogP contribution in [0.2, 0.25) is 6.04 Å². The number of hydrogen-bond donors (Lipinski definition) is 1. The lowest BCUT2D eigenvalue weighted by molar-refractivity contribution is 0.317. The normalized spacial score (nSPS) is 10.0. The highest BCUT2D eigenvalue weighted by atomic mass is 28.1. The van der Waals surface area contributed by atoms with Gasteiger partial charge in [0.25, 0.3) is 0 Å². The van der Waals surface area contributed by atoms with Crippen molar-refractivity contribution in [3.8, 4) is 5.75 Å². The zero-order valence-corrected chi connectivity index (χ0v) is 9.42. The van der Waals surface area contributed by atoms with E-state index in [9.17, 15) is 0 Å². The average Bonchev–Trinajstić information content (AvgIpc) is 2.09. The quantitative estimate of drug-likeness (QED) is 0.424. The van der Waals surface area contributed by atoms with Crippen LogP contribution < -0.4 is 10.5 Å². The number of benzene rings is 1. The molecule has 0 bridgehead atoms. The van der Waals surface area contributed by atoms with Crippen molar-refractivity contribution in [2.24, 2.45) is 0 Å². The summed E-state index contributed by atoms with van der Waals surface area (Å²) in [5.74, 6) is 0.916. The summed E-state index contributed by atoms with van der Waals surface area (Å²) in [5, 5.41) is 0. The van der Waals surface area contributed by atoms with E-state index in [0.717, 1.165) is 24.5 Å². The molecule has 0 aliphatic rings. The van der Waals surface area contributed by atoms with Crippen molar-refractivity contribution in [2.75, 3.05) is 12.3 Å². The van der Waals surface area contributed by atoms with Crippen LogP contribution >= 0.6 is 0 Å². The van der Waals surface area contributed by atoms with Crippen LogP contribution in [-0.2, 0) is 0 Å². The van der Waals surface area contributed by atoms with Gasteiger partial charge in [0.05, 0.1) is 6.61 Å². The lowest BCUT2D eigenvalue weighted by atomic mass is 10.3. The summed E-state index contributed by atoms with van der Waals surface area (Å²) in [6.07, 6.45) is 1.16. The first-order chi connectivity index (χ1) is 5.83. The van der Waals surface area contributed by atoms with Crippen molar-refractivity contribution in [3.63, 3.8) is 0 Å². The van der Waals surface area contributed by atoms with Crippen LogP contribution in [-0.4, -0.2) is 16.8 Å². The SMILES string of the molecule is Nc1ccc(OCCC[SiH3])cc1. The van der Waals surface area contributed by atoms with E-state index in [0.29, 0.717) is 0 Å². The molecule has 12 heavy (non-hydrogen) atoms. The van der Waals surface area contributed by atoms with Crippen LogP contribution in [0.3, 0.4) is 0 Å². The van der Waals surface area contributed by atoms with Gasteiger partial charge in [-0.2, -0.15) is 0 Å². The van der Waals surface area contributed by atoms with E-state index >= 15 is 0 Å². The molecule has 0 amide bonds. The van der Waals surface area contributed by atoms with Crippen molar-refractivity contribution in [2.45, 2.75) is 12.5 Å². The third-order valence-corrected chi connectivity index (χ3v) is 2.35. The van der Waals surface area contributed by atoms with Gasteiger partial charge in [-0.25, -0.2) is 0 Å². The maximum atomic E-state index is 5.53. The van der Waals surface area contributed by atoms with Crippen molar-refractivity contribution in [1.82, 2.24) is 0 Å². The molecule has 1 rings (SSSR count). The molecule has 0 fully saturated rings. The monoisotopic (exact) mass is 181 g/mol. The first-order valence-electron chi connectivity index (χ1n) is 4.31. The summed E-state index contributed by atoms with van der Waals surface area (Å²) in [5.41, 5.74) is 6.31. The standard InChI is InChI=1S/C9H15NOSi/c10-8-2-4-9(5-3-8)11-6-1-7-12/h2-5H,1,6-7,10H2,12H3. The summed E-state index contributed by atoms with van der Waals surface area (Å²) < 4.78 is 5.47. The van der Waals surface area contributed by atoms with Crippen LogP contribution in [0.5, 0.6) is 5.75 Å². The molecule has 0 aromatic heterocycles. The van der Waals surface area contributed by atoms with E-state index in [1.54, 1.807) is 0 Å². The molecule has 1 aromatic rings. The number of hydrogen-bond acceptors (Lipinski definition) is 2.